The van der Waals surface area contributed by atoms with Crippen LogP contribution in [-0.4, -0.2) is 51.3 Å². The van der Waals surface area contributed by atoms with Gasteiger partial charge in [-0.1, -0.05) is 18.2 Å². The highest BCUT2D eigenvalue weighted by molar-refractivity contribution is 5.75. The molecule has 0 aliphatic carbocycles. The van der Waals surface area contributed by atoms with Crippen LogP contribution in [0.25, 0.3) is 11.0 Å². The lowest BCUT2D eigenvalue weighted by atomic mass is 10.2. The third-order valence-corrected chi connectivity index (χ3v) is 4.38. The number of nitrogens with one attached hydrogen (secondary N) is 1. The summed E-state index contributed by atoms with van der Waals surface area (Å²) in [5.41, 5.74) is 4.84. The number of quaternary nitrogens is 1. The summed E-state index contributed by atoms with van der Waals surface area (Å²) in [5.74, 6) is 0. The normalized spacial score (nSPS) is 10.4. The van der Waals surface area contributed by atoms with Crippen LogP contribution < -0.4 is 16.7 Å². The van der Waals surface area contributed by atoms with Gasteiger partial charge in [-0.2, -0.15) is 0 Å². The number of hydrogen-bond acceptors (Lipinski definition) is 4. The van der Waals surface area contributed by atoms with Gasteiger partial charge < -0.3 is 20.0 Å². The molecule has 0 fully saturated rings. The molecule has 5 heteroatoms. The topological polar surface area (TPSA) is 68.3 Å². The number of hydrogen-bond donors (Lipinski definition) is 2. The van der Waals surface area contributed by atoms with Crippen LogP contribution in [0.5, 0.6) is 0 Å². The molecule has 1 heterocycles. The predicted molar refractivity (Wildman–Crippen MR) is 103 cm³/mol. The van der Waals surface area contributed by atoms with Crippen LogP contribution in [0.4, 0.5) is 0 Å². The zero-order chi connectivity index (χ0) is 18.4. The van der Waals surface area contributed by atoms with E-state index < -0.39 is 0 Å². The first-order valence-corrected chi connectivity index (χ1v) is 8.67. The van der Waals surface area contributed by atoms with E-state index >= 15 is 0 Å². The van der Waals surface area contributed by atoms with Gasteiger partial charge in [0.05, 0.1) is 26.2 Å². The van der Waals surface area contributed by atoms with E-state index in [0.29, 0.717) is 5.58 Å². The molecule has 0 saturated carbocycles. The maximum absolute atomic E-state index is 10.7. The summed E-state index contributed by atoms with van der Waals surface area (Å²) in [6.45, 7) is 13.0. The maximum Gasteiger partial charge on any atom is 0.336 e. The molecule has 136 valence electrons. The lowest BCUT2D eigenvalue weighted by Crippen LogP contribution is -2.50. The minimum Gasteiger partial charge on any atom is -0.423 e. The quantitative estimate of drug-likeness (QED) is 0.628. The Bertz CT molecular complexity index is 598. The zero-order valence-electron chi connectivity index (χ0n) is 15.8. The van der Waals surface area contributed by atoms with Crippen molar-refractivity contribution in [2.45, 2.75) is 20.8 Å². The molecule has 0 aliphatic heterocycles. The van der Waals surface area contributed by atoms with Crippen molar-refractivity contribution in [2.75, 3.05) is 46.8 Å². The second-order valence-corrected chi connectivity index (χ2v) is 5.41. The summed E-state index contributed by atoms with van der Waals surface area (Å²) in [6.07, 6.45) is 0. The molecule has 2 rings (SSSR count). The molecule has 3 N–H and O–H groups in total. The number of nitrogens with zero attached hydrogens (tertiary/aromatic N) is 1. The Hall–Kier alpha value is -1.69. The lowest BCUT2D eigenvalue weighted by Gasteiger charge is -2.35. The second kappa shape index (κ2) is 12.7. The van der Waals surface area contributed by atoms with Crippen molar-refractivity contribution in [1.29, 1.82) is 0 Å². The van der Waals surface area contributed by atoms with E-state index in [1.165, 1.54) is 43.8 Å². The van der Waals surface area contributed by atoms with Crippen molar-refractivity contribution in [3.63, 3.8) is 0 Å². The number of fused-ring (bicyclic) bond motifs is 1. The Labute approximate surface area is 146 Å². The van der Waals surface area contributed by atoms with E-state index in [9.17, 15) is 4.79 Å². The molecule has 24 heavy (non-hydrogen) atoms. The zero-order valence-corrected chi connectivity index (χ0v) is 15.8. The SMILES string of the molecule is CC[N+](CC)(CC)CCNC.CN.O=c1ccc2ccccc2o1. The molecule has 0 amide bonds. The van der Waals surface area contributed by atoms with Gasteiger partial charge in [0.15, 0.2) is 0 Å². The number of nitrogens with two attached hydrogens (primary N) is 1. The molecule has 0 spiro atoms. The van der Waals surface area contributed by atoms with Crippen molar-refractivity contribution in [3.05, 3.63) is 46.8 Å². The maximum atomic E-state index is 10.7. The van der Waals surface area contributed by atoms with E-state index in [-0.39, 0.29) is 5.63 Å². The van der Waals surface area contributed by atoms with Gasteiger partial charge in [0.1, 0.15) is 5.58 Å². The van der Waals surface area contributed by atoms with Gasteiger partial charge in [0.25, 0.3) is 0 Å². The van der Waals surface area contributed by atoms with Crippen LogP contribution in [0.1, 0.15) is 20.8 Å². The largest absolute Gasteiger partial charge is 0.423 e. The summed E-state index contributed by atoms with van der Waals surface area (Å²) in [6, 6.07) is 10.6. The van der Waals surface area contributed by atoms with Gasteiger partial charge in [-0.25, -0.2) is 4.79 Å². The van der Waals surface area contributed by atoms with Gasteiger partial charge in [-0.05, 0) is 47.0 Å². The first-order valence-electron chi connectivity index (χ1n) is 8.67. The molecule has 0 unspecified atom stereocenters. The Kier molecular flexibility index (Phi) is 11.8. The van der Waals surface area contributed by atoms with Gasteiger partial charge in [-0.15, -0.1) is 0 Å². The van der Waals surface area contributed by atoms with E-state index in [4.69, 9.17) is 4.42 Å². The number of rotatable bonds is 6. The van der Waals surface area contributed by atoms with Crippen LogP contribution in [0, 0.1) is 0 Å². The molecule has 1 aromatic carbocycles. The first kappa shape index (κ1) is 22.3. The molecule has 0 aliphatic rings. The van der Waals surface area contributed by atoms with Crippen molar-refractivity contribution >= 4 is 11.0 Å². The van der Waals surface area contributed by atoms with Crippen molar-refractivity contribution in [2.24, 2.45) is 5.73 Å². The smallest absolute Gasteiger partial charge is 0.336 e. The Morgan fingerprint density at radius 1 is 1.00 bits per heavy atom. The fourth-order valence-electron chi connectivity index (χ4n) is 2.51. The molecule has 0 saturated heterocycles. The highest BCUT2D eigenvalue weighted by Gasteiger charge is 2.18. The van der Waals surface area contributed by atoms with Gasteiger partial charge in [-0.3, -0.25) is 0 Å². The summed E-state index contributed by atoms with van der Waals surface area (Å²) >= 11 is 0. The minimum absolute atomic E-state index is 0.302. The van der Waals surface area contributed by atoms with E-state index in [2.05, 4.69) is 31.8 Å². The molecule has 1 aromatic heterocycles. The van der Waals surface area contributed by atoms with Gasteiger partial charge >= 0.3 is 5.63 Å². The van der Waals surface area contributed by atoms with Crippen LogP contribution >= 0.6 is 0 Å². The van der Waals surface area contributed by atoms with Gasteiger partial charge in [0, 0.05) is 18.0 Å². The summed E-state index contributed by atoms with van der Waals surface area (Å²) in [7, 11) is 3.52. The lowest BCUT2D eigenvalue weighted by molar-refractivity contribution is -0.922. The van der Waals surface area contributed by atoms with Crippen LogP contribution in [0.15, 0.2) is 45.6 Å². The fraction of sp³-hybridized carbons (Fsp3) is 0.526. The molecule has 2 aromatic rings. The van der Waals surface area contributed by atoms with Crippen molar-refractivity contribution < 1.29 is 8.90 Å². The molecular weight excluding hydrogens is 302 g/mol. The third-order valence-electron chi connectivity index (χ3n) is 4.38. The number of para-hydroxylation sites is 1. The molecule has 0 bridgehead atoms. The summed E-state index contributed by atoms with van der Waals surface area (Å²) in [5, 5.41) is 4.16. The highest BCUT2D eigenvalue weighted by Crippen LogP contribution is 2.09. The molecular formula is C19H34N3O2+. The Morgan fingerprint density at radius 2 is 1.58 bits per heavy atom. The van der Waals surface area contributed by atoms with E-state index in [1.54, 1.807) is 12.1 Å². The Morgan fingerprint density at radius 3 is 2.12 bits per heavy atom. The summed E-state index contributed by atoms with van der Waals surface area (Å²) < 4.78 is 6.16. The summed E-state index contributed by atoms with van der Waals surface area (Å²) in [4.78, 5) is 10.7. The minimum atomic E-state index is -0.302. The standard InChI is InChI=1S/C9H23N2.C9H6O2.CH5N/c1-5-11(6-2,7-3)9-8-10-4;10-9-6-5-7-3-1-2-4-8(7)11-9;1-2/h10H,5-9H2,1-4H3;1-6H;2H2,1H3/q+1;;. The van der Waals surface area contributed by atoms with E-state index in [1.807, 2.05) is 25.2 Å². The monoisotopic (exact) mass is 336 g/mol. The van der Waals surface area contributed by atoms with Crippen molar-refractivity contribution in [3.8, 4) is 0 Å². The van der Waals surface area contributed by atoms with Crippen LogP contribution in [-0.2, 0) is 0 Å². The average molecular weight is 337 g/mol. The number of benzene rings is 1. The van der Waals surface area contributed by atoms with Gasteiger partial charge in [0.2, 0.25) is 0 Å². The first-order chi connectivity index (χ1) is 11.6. The molecule has 0 atom stereocenters. The Balaban J connectivity index is 0.000000400. The third kappa shape index (κ3) is 7.25. The predicted octanol–water partition coefficient (Wildman–Crippen LogP) is 2.45. The fourth-order valence-corrected chi connectivity index (χ4v) is 2.51. The van der Waals surface area contributed by atoms with Crippen LogP contribution in [0.2, 0.25) is 0 Å². The van der Waals surface area contributed by atoms with E-state index in [0.717, 1.165) is 11.9 Å². The highest BCUT2D eigenvalue weighted by atomic mass is 16.4. The van der Waals surface area contributed by atoms with Crippen molar-refractivity contribution in [1.82, 2.24) is 5.32 Å². The second-order valence-electron chi connectivity index (χ2n) is 5.41. The molecule has 5 nitrogen and oxygen atoms in total. The number of likely N-dealkylation sites (N-methyl/N-ethyl adjacent to an activating group) is 2. The average Bonchev–Trinajstić information content (AvgIpc) is 2.65. The van der Waals surface area contributed by atoms with Crippen LogP contribution in [0.3, 0.4) is 0 Å². The molecule has 0 radical (unpaired) electrons.